The number of carboxylic acids is 1. The number of aromatic hydroxyl groups is 3. The fraction of sp³-hybridized carbons (Fsp3) is 0.444. The number of benzene rings is 1. The van der Waals surface area contributed by atoms with Crippen molar-refractivity contribution in [3.05, 3.63) is 17.2 Å². The second-order valence-corrected chi connectivity index (χ2v) is 6.11. The molecule has 1 aliphatic rings. The van der Waals surface area contributed by atoms with Crippen LogP contribution in [0.5, 0.6) is 17.2 Å². The van der Waals surface area contributed by atoms with Gasteiger partial charge in [-0.1, -0.05) is 0 Å². The summed E-state index contributed by atoms with van der Waals surface area (Å²) in [5.74, 6) is -10.7. The molecule has 0 aromatic heterocycles. The summed E-state index contributed by atoms with van der Waals surface area (Å²) >= 11 is 0. The van der Waals surface area contributed by atoms with Gasteiger partial charge in [-0.05, 0) is 19.9 Å². The van der Waals surface area contributed by atoms with Crippen LogP contribution in [0.25, 0.3) is 0 Å². The number of carbonyl (C=O) groups excluding carboxylic acids is 3. The van der Waals surface area contributed by atoms with E-state index in [4.69, 9.17) is 14.2 Å². The lowest BCUT2D eigenvalue weighted by atomic mass is 9.76. The zero-order chi connectivity index (χ0) is 21.9. The lowest BCUT2D eigenvalue weighted by Crippen LogP contribution is -2.45. The molecule has 1 aliphatic heterocycles. The summed E-state index contributed by atoms with van der Waals surface area (Å²) in [5.41, 5.74) is -0.864. The van der Waals surface area contributed by atoms with Gasteiger partial charge in [0.05, 0.1) is 37.0 Å². The van der Waals surface area contributed by atoms with E-state index in [1.54, 1.807) is 0 Å². The van der Waals surface area contributed by atoms with Crippen LogP contribution in [0.2, 0.25) is 0 Å². The normalized spacial score (nSPS) is 18.9. The smallest absolute Gasteiger partial charge is 0.348 e. The molecule has 1 aromatic rings. The standard InChI is InChI=1S/C18H20O11/c1-3-27-16(24)8(6-10(20)21)12-11-7(5-9(19)13(22)14(11)23)17(25)29-15(12)18(26)28-4-2/h5,8,12,15,19,22-23H,3-4,6H2,1-2H3,(H,20,21)/t8-,12+,15+/m1/s1. The summed E-state index contributed by atoms with van der Waals surface area (Å²) in [6.45, 7) is 2.75. The highest BCUT2D eigenvalue weighted by atomic mass is 16.6. The van der Waals surface area contributed by atoms with E-state index < -0.39 is 76.6 Å². The Balaban J connectivity index is 2.75. The Bertz CT molecular complexity index is 845. The first-order chi connectivity index (χ1) is 13.6. The second-order valence-electron chi connectivity index (χ2n) is 6.11. The summed E-state index contributed by atoms with van der Waals surface area (Å²) in [5, 5.41) is 39.2. The molecule has 1 heterocycles. The predicted molar refractivity (Wildman–Crippen MR) is 92.4 cm³/mol. The molecule has 3 atom stereocenters. The fourth-order valence-electron chi connectivity index (χ4n) is 3.19. The van der Waals surface area contributed by atoms with Crippen molar-refractivity contribution in [2.24, 2.45) is 5.92 Å². The number of carboxylic acid groups (broad SMARTS) is 1. The molecule has 2 rings (SSSR count). The zero-order valence-electron chi connectivity index (χ0n) is 15.6. The lowest BCUT2D eigenvalue weighted by Gasteiger charge is -2.35. The number of hydrogen-bond acceptors (Lipinski definition) is 10. The van der Waals surface area contributed by atoms with Crippen molar-refractivity contribution in [3.63, 3.8) is 0 Å². The molecule has 0 bridgehead atoms. The van der Waals surface area contributed by atoms with Crippen LogP contribution in [0, 0.1) is 5.92 Å². The quantitative estimate of drug-likeness (QED) is 0.281. The third-order valence-electron chi connectivity index (χ3n) is 4.34. The van der Waals surface area contributed by atoms with Crippen molar-refractivity contribution in [1.82, 2.24) is 0 Å². The molecule has 29 heavy (non-hydrogen) atoms. The van der Waals surface area contributed by atoms with Gasteiger partial charge in [0.2, 0.25) is 11.9 Å². The number of ether oxygens (including phenoxy) is 3. The fourth-order valence-corrected chi connectivity index (χ4v) is 3.19. The number of hydrogen-bond donors (Lipinski definition) is 4. The van der Waals surface area contributed by atoms with Crippen molar-refractivity contribution in [2.45, 2.75) is 32.3 Å². The number of esters is 3. The Hall–Kier alpha value is -3.50. The number of fused-ring (bicyclic) bond motifs is 1. The Morgan fingerprint density at radius 3 is 2.28 bits per heavy atom. The van der Waals surface area contributed by atoms with E-state index in [1.807, 2.05) is 0 Å². The Kier molecular flexibility index (Phi) is 6.52. The average molecular weight is 412 g/mol. The minimum absolute atomic E-state index is 0.106. The van der Waals surface area contributed by atoms with Gasteiger partial charge in [0.1, 0.15) is 0 Å². The molecule has 0 aliphatic carbocycles. The highest BCUT2D eigenvalue weighted by Crippen LogP contribution is 2.49. The van der Waals surface area contributed by atoms with Gasteiger partial charge in [-0.15, -0.1) is 0 Å². The number of carbonyl (C=O) groups is 4. The zero-order valence-corrected chi connectivity index (χ0v) is 15.6. The molecule has 0 fully saturated rings. The molecule has 0 amide bonds. The van der Waals surface area contributed by atoms with E-state index in [2.05, 4.69) is 0 Å². The average Bonchev–Trinajstić information content (AvgIpc) is 2.65. The third-order valence-corrected chi connectivity index (χ3v) is 4.34. The van der Waals surface area contributed by atoms with Crippen LogP contribution in [0.4, 0.5) is 0 Å². The largest absolute Gasteiger partial charge is 0.504 e. The Labute approximate surface area is 164 Å². The van der Waals surface area contributed by atoms with Gasteiger partial charge in [-0.3, -0.25) is 9.59 Å². The van der Waals surface area contributed by atoms with E-state index in [1.165, 1.54) is 13.8 Å². The van der Waals surface area contributed by atoms with Crippen LogP contribution >= 0.6 is 0 Å². The number of rotatable bonds is 7. The lowest BCUT2D eigenvalue weighted by molar-refractivity contribution is -0.162. The molecular formula is C18H20O11. The van der Waals surface area contributed by atoms with E-state index in [-0.39, 0.29) is 13.2 Å². The third kappa shape index (κ3) is 4.18. The Morgan fingerprint density at radius 2 is 1.72 bits per heavy atom. The summed E-state index contributed by atoms with van der Waals surface area (Å²) in [7, 11) is 0. The van der Waals surface area contributed by atoms with Crippen molar-refractivity contribution in [2.75, 3.05) is 13.2 Å². The topological polar surface area (TPSA) is 177 Å². The Morgan fingerprint density at radius 1 is 1.10 bits per heavy atom. The predicted octanol–water partition coefficient (Wildman–Crippen LogP) is 0.643. The summed E-state index contributed by atoms with van der Waals surface area (Å²) < 4.78 is 14.8. The highest BCUT2D eigenvalue weighted by Gasteiger charge is 2.50. The summed E-state index contributed by atoms with van der Waals surface area (Å²) in [4.78, 5) is 48.6. The van der Waals surface area contributed by atoms with Gasteiger partial charge in [-0.2, -0.15) is 0 Å². The van der Waals surface area contributed by atoms with Crippen LogP contribution in [0.3, 0.4) is 0 Å². The van der Waals surface area contributed by atoms with E-state index >= 15 is 0 Å². The van der Waals surface area contributed by atoms with Crippen molar-refractivity contribution >= 4 is 23.9 Å². The van der Waals surface area contributed by atoms with Gasteiger partial charge in [-0.25, -0.2) is 9.59 Å². The maximum atomic E-state index is 12.5. The molecular weight excluding hydrogens is 392 g/mol. The molecule has 11 nitrogen and oxygen atoms in total. The summed E-state index contributed by atoms with van der Waals surface area (Å²) in [6, 6.07) is 0.782. The molecule has 0 saturated carbocycles. The SMILES string of the molecule is CCOC(=O)[C@H]1OC(=O)c2cc(O)c(O)c(O)c2[C@@H]1[C@@H](CC(=O)O)C(=O)OCC. The molecule has 0 radical (unpaired) electrons. The van der Waals surface area contributed by atoms with Crippen LogP contribution < -0.4 is 0 Å². The van der Waals surface area contributed by atoms with E-state index in [0.29, 0.717) is 0 Å². The number of aliphatic carboxylic acids is 1. The van der Waals surface area contributed by atoms with Gasteiger partial charge in [0.15, 0.2) is 11.5 Å². The first kappa shape index (κ1) is 21.8. The van der Waals surface area contributed by atoms with Crippen LogP contribution in [0.15, 0.2) is 6.07 Å². The number of phenols is 3. The van der Waals surface area contributed by atoms with Gasteiger partial charge in [0.25, 0.3) is 0 Å². The van der Waals surface area contributed by atoms with Gasteiger partial charge >= 0.3 is 23.9 Å². The van der Waals surface area contributed by atoms with Gasteiger partial charge < -0.3 is 34.6 Å². The van der Waals surface area contributed by atoms with E-state index in [9.17, 15) is 39.6 Å². The number of phenolic OH excluding ortho intramolecular Hbond substituents is 3. The molecule has 0 unspecified atom stereocenters. The monoisotopic (exact) mass is 412 g/mol. The molecule has 158 valence electrons. The molecule has 1 aromatic carbocycles. The molecule has 4 N–H and O–H groups in total. The minimum Gasteiger partial charge on any atom is -0.504 e. The minimum atomic E-state index is -1.79. The van der Waals surface area contributed by atoms with Crippen LogP contribution in [-0.2, 0) is 28.6 Å². The van der Waals surface area contributed by atoms with Crippen molar-refractivity contribution < 1.29 is 53.8 Å². The maximum Gasteiger partial charge on any atom is 0.348 e. The van der Waals surface area contributed by atoms with E-state index in [0.717, 1.165) is 6.07 Å². The summed E-state index contributed by atoms with van der Waals surface area (Å²) in [6.07, 6.45) is -2.63. The molecule has 11 heteroatoms. The molecule has 0 saturated heterocycles. The second kappa shape index (κ2) is 8.67. The van der Waals surface area contributed by atoms with Crippen LogP contribution in [0.1, 0.15) is 42.1 Å². The number of cyclic esters (lactones) is 1. The van der Waals surface area contributed by atoms with Crippen LogP contribution in [-0.4, -0.2) is 63.6 Å². The van der Waals surface area contributed by atoms with Crippen molar-refractivity contribution in [3.8, 4) is 17.2 Å². The van der Waals surface area contributed by atoms with Crippen molar-refractivity contribution in [1.29, 1.82) is 0 Å². The first-order valence-electron chi connectivity index (χ1n) is 8.67. The maximum absolute atomic E-state index is 12.5. The molecule has 0 spiro atoms. The first-order valence-corrected chi connectivity index (χ1v) is 8.67. The highest BCUT2D eigenvalue weighted by molar-refractivity contribution is 5.98. The van der Waals surface area contributed by atoms with Gasteiger partial charge in [0, 0.05) is 5.56 Å².